The lowest BCUT2D eigenvalue weighted by atomic mass is 9.86. The Hall–Kier alpha value is -1.15. The predicted molar refractivity (Wildman–Crippen MR) is 94.9 cm³/mol. The Morgan fingerprint density at radius 1 is 1.29 bits per heavy atom. The van der Waals surface area contributed by atoms with E-state index in [0.717, 1.165) is 19.4 Å². The molecule has 2 heteroatoms. The van der Waals surface area contributed by atoms with Crippen LogP contribution in [0.15, 0.2) is 40.4 Å². The summed E-state index contributed by atoms with van der Waals surface area (Å²) in [6, 6.07) is 0. The SMILES string of the molecule is C/C=C\C=C/C(C)CCC(=NCC)C1=C(CN)CCCC1. The summed E-state index contributed by atoms with van der Waals surface area (Å²) in [5.41, 5.74) is 10.2. The van der Waals surface area contributed by atoms with Crippen LogP contribution in [0.4, 0.5) is 0 Å². The Kier molecular flexibility index (Phi) is 9.00. The second-order valence-corrected chi connectivity index (χ2v) is 5.84. The average Bonchev–Trinajstić information content (AvgIpc) is 2.51. The lowest BCUT2D eigenvalue weighted by molar-refractivity contribution is 0.653. The van der Waals surface area contributed by atoms with Crippen molar-refractivity contribution in [3.63, 3.8) is 0 Å². The zero-order chi connectivity index (χ0) is 15.5. The van der Waals surface area contributed by atoms with Gasteiger partial charge in [0.2, 0.25) is 0 Å². The van der Waals surface area contributed by atoms with Gasteiger partial charge in [0.05, 0.1) is 0 Å². The van der Waals surface area contributed by atoms with Crippen molar-refractivity contribution >= 4 is 5.71 Å². The standard InChI is InChI=1S/C19H32N2/c1-4-6-7-10-16(3)13-14-19(21-5-2)18-12-9-8-11-17(18)15-20/h4,6-7,10,16H,5,8-9,11-15,20H2,1-3H3/b6-4-,10-7-,21-19?. The fourth-order valence-corrected chi connectivity index (χ4v) is 2.88. The Balaban J connectivity index is 2.70. The van der Waals surface area contributed by atoms with Gasteiger partial charge in [-0.15, -0.1) is 0 Å². The van der Waals surface area contributed by atoms with Gasteiger partial charge in [0.1, 0.15) is 0 Å². The summed E-state index contributed by atoms with van der Waals surface area (Å²) in [5, 5.41) is 0. The number of aliphatic imine (C=N–C) groups is 1. The van der Waals surface area contributed by atoms with E-state index < -0.39 is 0 Å². The molecule has 0 saturated carbocycles. The molecule has 118 valence electrons. The fraction of sp³-hybridized carbons (Fsp3) is 0.632. The minimum atomic E-state index is 0.591. The van der Waals surface area contributed by atoms with Gasteiger partial charge in [-0.2, -0.15) is 0 Å². The lowest BCUT2D eigenvalue weighted by Gasteiger charge is -2.21. The molecule has 1 unspecified atom stereocenters. The maximum Gasteiger partial charge on any atom is 0.0380 e. The van der Waals surface area contributed by atoms with Crippen molar-refractivity contribution in [2.75, 3.05) is 13.1 Å². The van der Waals surface area contributed by atoms with Crippen LogP contribution >= 0.6 is 0 Å². The molecule has 1 aliphatic carbocycles. The molecule has 0 aromatic heterocycles. The van der Waals surface area contributed by atoms with Gasteiger partial charge in [0.15, 0.2) is 0 Å². The summed E-state index contributed by atoms with van der Waals surface area (Å²) < 4.78 is 0. The van der Waals surface area contributed by atoms with E-state index in [1.807, 2.05) is 6.92 Å². The molecule has 0 amide bonds. The van der Waals surface area contributed by atoms with E-state index in [0.29, 0.717) is 12.5 Å². The van der Waals surface area contributed by atoms with Crippen molar-refractivity contribution in [3.05, 3.63) is 35.5 Å². The molecule has 0 fully saturated rings. The van der Waals surface area contributed by atoms with Gasteiger partial charge in [0.25, 0.3) is 0 Å². The molecule has 0 aromatic carbocycles. The van der Waals surface area contributed by atoms with Gasteiger partial charge in [-0.3, -0.25) is 4.99 Å². The van der Waals surface area contributed by atoms with Crippen LogP contribution in [0, 0.1) is 5.92 Å². The van der Waals surface area contributed by atoms with Crippen molar-refractivity contribution in [2.45, 2.75) is 59.3 Å². The maximum absolute atomic E-state index is 5.93. The van der Waals surface area contributed by atoms with Crippen molar-refractivity contribution in [1.82, 2.24) is 0 Å². The molecule has 21 heavy (non-hydrogen) atoms. The third-order valence-corrected chi connectivity index (χ3v) is 4.11. The molecule has 0 radical (unpaired) electrons. The monoisotopic (exact) mass is 288 g/mol. The first-order valence-corrected chi connectivity index (χ1v) is 8.47. The lowest BCUT2D eigenvalue weighted by Crippen LogP contribution is -2.16. The van der Waals surface area contributed by atoms with Gasteiger partial charge in [-0.05, 0) is 63.9 Å². The highest BCUT2D eigenvalue weighted by Gasteiger charge is 2.16. The molecule has 0 saturated heterocycles. The van der Waals surface area contributed by atoms with E-state index in [4.69, 9.17) is 10.7 Å². The Morgan fingerprint density at radius 2 is 2.05 bits per heavy atom. The minimum Gasteiger partial charge on any atom is -0.327 e. The van der Waals surface area contributed by atoms with E-state index in [1.165, 1.54) is 42.5 Å². The van der Waals surface area contributed by atoms with Gasteiger partial charge in [-0.25, -0.2) is 0 Å². The molecule has 0 aliphatic heterocycles. The van der Waals surface area contributed by atoms with Crippen molar-refractivity contribution in [1.29, 1.82) is 0 Å². The van der Waals surface area contributed by atoms with Crippen LogP contribution in [0.5, 0.6) is 0 Å². The smallest absolute Gasteiger partial charge is 0.0380 e. The second-order valence-electron chi connectivity index (χ2n) is 5.84. The molecule has 0 bridgehead atoms. The van der Waals surface area contributed by atoms with Crippen LogP contribution < -0.4 is 5.73 Å². The van der Waals surface area contributed by atoms with E-state index in [-0.39, 0.29) is 0 Å². The van der Waals surface area contributed by atoms with E-state index in [2.05, 4.69) is 38.2 Å². The van der Waals surface area contributed by atoms with Crippen LogP contribution in [-0.4, -0.2) is 18.8 Å². The summed E-state index contributed by atoms with van der Waals surface area (Å²) in [4.78, 5) is 4.78. The Morgan fingerprint density at radius 3 is 2.71 bits per heavy atom. The molecule has 2 N–H and O–H groups in total. The van der Waals surface area contributed by atoms with Crippen LogP contribution in [0.1, 0.15) is 59.3 Å². The molecular formula is C19H32N2. The van der Waals surface area contributed by atoms with Gasteiger partial charge < -0.3 is 5.73 Å². The third kappa shape index (κ3) is 6.43. The van der Waals surface area contributed by atoms with Crippen molar-refractivity contribution in [2.24, 2.45) is 16.6 Å². The average molecular weight is 288 g/mol. The molecule has 0 spiro atoms. The Bertz CT molecular complexity index is 413. The fourth-order valence-electron chi connectivity index (χ4n) is 2.88. The summed E-state index contributed by atoms with van der Waals surface area (Å²) in [7, 11) is 0. The molecular weight excluding hydrogens is 256 g/mol. The van der Waals surface area contributed by atoms with E-state index >= 15 is 0 Å². The van der Waals surface area contributed by atoms with Crippen LogP contribution in [0.2, 0.25) is 0 Å². The van der Waals surface area contributed by atoms with Crippen LogP contribution in [-0.2, 0) is 0 Å². The summed E-state index contributed by atoms with van der Waals surface area (Å²) in [5.74, 6) is 0.591. The maximum atomic E-state index is 5.93. The molecule has 0 aromatic rings. The highest BCUT2D eigenvalue weighted by atomic mass is 14.7. The molecule has 1 atom stereocenters. The van der Waals surface area contributed by atoms with Crippen LogP contribution in [0.25, 0.3) is 0 Å². The number of nitrogens with two attached hydrogens (primary N) is 1. The largest absolute Gasteiger partial charge is 0.327 e. The predicted octanol–water partition coefficient (Wildman–Crippen LogP) is 4.83. The van der Waals surface area contributed by atoms with E-state index in [9.17, 15) is 0 Å². The first-order valence-electron chi connectivity index (χ1n) is 8.47. The minimum absolute atomic E-state index is 0.591. The van der Waals surface area contributed by atoms with Gasteiger partial charge >= 0.3 is 0 Å². The number of nitrogens with zero attached hydrogens (tertiary/aromatic N) is 1. The number of rotatable bonds is 8. The molecule has 0 heterocycles. The summed E-state index contributed by atoms with van der Waals surface area (Å²) in [6.07, 6.45) is 15.7. The molecule has 2 nitrogen and oxygen atoms in total. The highest BCUT2D eigenvalue weighted by Crippen LogP contribution is 2.27. The Labute approximate surface area is 130 Å². The van der Waals surface area contributed by atoms with E-state index in [1.54, 1.807) is 0 Å². The quantitative estimate of drug-likeness (QED) is 0.504. The van der Waals surface area contributed by atoms with Crippen molar-refractivity contribution in [3.8, 4) is 0 Å². The summed E-state index contributed by atoms with van der Waals surface area (Å²) in [6.45, 7) is 8.03. The van der Waals surface area contributed by atoms with Gasteiger partial charge in [-0.1, -0.05) is 36.8 Å². The number of allylic oxidation sites excluding steroid dienone is 5. The van der Waals surface area contributed by atoms with Gasteiger partial charge in [0, 0.05) is 18.8 Å². The first-order chi connectivity index (χ1) is 10.2. The number of hydrogen-bond donors (Lipinski definition) is 1. The van der Waals surface area contributed by atoms with Crippen LogP contribution in [0.3, 0.4) is 0 Å². The second kappa shape index (κ2) is 10.6. The van der Waals surface area contributed by atoms with Crippen molar-refractivity contribution < 1.29 is 0 Å². The molecule has 1 aliphatic rings. The zero-order valence-corrected chi connectivity index (χ0v) is 14.1. The zero-order valence-electron chi connectivity index (χ0n) is 14.1. The summed E-state index contributed by atoms with van der Waals surface area (Å²) >= 11 is 0. The third-order valence-electron chi connectivity index (χ3n) is 4.11. The normalized spacial score (nSPS) is 19.0. The number of hydrogen-bond acceptors (Lipinski definition) is 2. The first kappa shape index (κ1) is 17.9. The topological polar surface area (TPSA) is 38.4 Å². The highest BCUT2D eigenvalue weighted by molar-refractivity contribution is 6.01. The molecule has 1 rings (SSSR count).